The van der Waals surface area contributed by atoms with Gasteiger partial charge in [-0.25, -0.2) is 0 Å². The molecule has 2 aromatic rings. The Morgan fingerprint density at radius 2 is 2.00 bits per heavy atom. The summed E-state index contributed by atoms with van der Waals surface area (Å²) < 4.78 is 0. The summed E-state index contributed by atoms with van der Waals surface area (Å²) in [5.74, 6) is 0.550. The second kappa shape index (κ2) is 6.73. The molecule has 1 aromatic carbocycles. The first-order valence-corrected chi connectivity index (χ1v) is 7.96. The molecule has 1 amide bonds. The molecule has 1 aromatic heterocycles. The molecule has 0 unspecified atom stereocenters. The highest BCUT2D eigenvalue weighted by Gasteiger charge is 2.23. The summed E-state index contributed by atoms with van der Waals surface area (Å²) >= 11 is 0. The normalized spacial score (nSPS) is 18.2. The molecule has 114 valence electrons. The number of benzene rings is 1. The Kier molecular flexibility index (Phi) is 4.52. The third kappa shape index (κ3) is 3.53. The Hall–Kier alpha value is -2.16. The van der Waals surface area contributed by atoms with Gasteiger partial charge in [-0.1, -0.05) is 36.4 Å². The van der Waals surface area contributed by atoms with Crippen molar-refractivity contribution in [3.05, 3.63) is 65.5 Å². The molecule has 1 aliphatic heterocycles. The van der Waals surface area contributed by atoms with Crippen LogP contribution in [0, 0.1) is 0 Å². The van der Waals surface area contributed by atoms with Gasteiger partial charge < -0.3 is 4.90 Å². The summed E-state index contributed by atoms with van der Waals surface area (Å²) in [7, 11) is 0. The first kappa shape index (κ1) is 14.8. The van der Waals surface area contributed by atoms with Gasteiger partial charge in [-0.15, -0.1) is 0 Å². The maximum absolute atomic E-state index is 11.5. The zero-order valence-electron chi connectivity index (χ0n) is 13.0. The molecule has 0 aliphatic carbocycles. The molecule has 2 heterocycles. The molecule has 1 atom stereocenters. The Morgan fingerprint density at radius 3 is 2.68 bits per heavy atom. The van der Waals surface area contributed by atoms with Crippen molar-refractivity contribution in [3.8, 4) is 0 Å². The monoisotopic (exact) mass is 294 g/mol. The molecular formula is C19H22N2O. The molecular weight excluding hydrogens is 272 g/mol. The second-order valence-corrected chi connectivity index (χ2v) is 6.06. The first-order valence-electron chi connectivity index (χ1n) is 7.96. The lowest BCUT2D eigenvalue weighted by Gasteiger charge is -2.31. The van der Waals surface area contributed by atoms with Gasteiger partial charge in [-0.3, -0.25) is 9.78 Å². The van der Waals surface area contributed by atoms with E-state index in [0.717, 1.165) is 38.0 Å². The molecule has 0 N–H and O–H groups in total. The van der Waals surface area contributed by atoms with E-state index in [0.29, 0.717) is 5.92 Å². The van der Waals surface area contributed by atoms with E-state index in [1.165, 1.54) is 11.1 Å². The van der Waals surface area contributed by atoms with Gasteiger partial charge in [0.25, 0.3) is 0 Å². The topological polar surface area (TPSA) is 33.2 Å². The smallest absolute Gasteiger partial charge is 0.219 e. The van der Waals surface area contributed by atoms with Gasteiger partial charge in [-0.2, -0.15) is 0 Å². The van der Waals surface area contributed by atoms with E-state index in [1.807, 2.05) is 17.2 Å². The van der Waals surface area contributed by atoms with Crippen LogP contribution in [0.2, 0.25) is 0 Å². The van der Waals surface area contributed by atoms with Crippen LogP contribution in [0.4, 0.5) is 0 Å². The number of hydrogen-bond donors (Lipinski definition) is 0. The van der Waals surface area contributed by atoms with Crippen molar-refractivity contribution in [2.24, 2.45) is 0 Å². The summed E-state index contributed by atoms with van der Waals surface area (Å²) in [6.07, 6.45) is 5.08. The van der Waals surface area contributed by atoms with Crippen molar-refractivity contribution in [1.29, 1.82) is 0 Å². The standard InChI is InChI=1S/C19H22N2O/c1-15(22)21-11-5-8-18(14-21)19-10-9-17(13-20-19)12-16-6-3-2-4-7-16/h2-4,6-7,9-10,13,18H,5,8,11-12,14H2,1H3/t18-/m0/s1. The van der Waals surface area contributed by atoms with Gasteiger partial charge in [0.2, 0.25) is 5.91 Å². The lowest BCUT2D eigenvalue weighted by molar-refractivity contribution is -0.130. The highest BCUT2D eigenvalue weighted by molar-refractivity contribution is 5.73. The fourth-order valence-corrected chi connectivity index (χ4v) is 3.12. The Balaban J connectivity index is 1.67. The molecule has 0 saturated carbocycles. The van der Waals surface area contributed by atoms with Gasteiger partial charge >= 0.3 is 0 Å². The predicted octanol–water partition coefficient (Wildman–Crippen LogP) is 3.40. The minimum Gasteiger partial charge on any atom is -0.342 e. The summed E-state index contributed by atoms with van der Waals surface area (Å²) in [5.41, 5.74) is 3.65. The highest BCUT2D eigenvalue weighted by Crippen LogP contribution is 2.25. The summed E-state index contributed by atoms with van der Waals surface area (Å²) in [6.45, 7) is 3.34. The van der Waals surface area contributed by atoms with Crippen LogP contribution in [0.15, 0.2) is 48.7 Å². The van der Waals surface area contributed by atoms with Crippen LogP contribution in [-0.2, 0) is 11.2 Å². The van der Waals surface area contributed by atoms with Crippen molar-refractivity contribution in [2.75, 3.05) is 13.1 Å². The Labute approximate surface area is 132 Å². The van der Waals surface area contributed by atoms with Crippen LogP contribution in [0.25, 0.3) is 0 Å². The quantitative estimate of drug-likeness (QED) is 0.869. The van der Waals surface area contributed by atoms with Crippen LogP contribution < -0.4 is 0 Å². The van der Waals surface area contributed by atoms with E-state index in [2.05, 4.69) is 41.4 Å². The van der Waals surface area contributed by atoms with E-state index in [1.54, 1.807) is 6.92 Å². The zero-order valence-corrected chi connectivity index (χ0v) is 13.0. The Bertz CT molecular complexity index is 622. The van der Waals surface area contributed by atoms with Gasteiger partial charge in [0.1, 0.15) is 0 Å². The first-order chi connectivity index (χ1) is 10.7. The maximum atomic E-state index is 11.5. The van der Waals surface area contributed by atoms with E-state index in [-0.39, 0.29) is 5.91 Å². The number of nitrogens with zero attached hydrogens (tertiary/aromatic N) is 2. The van der Waals surface area contributed by atoms with Crippen LogP contribution >= 0.6 is 0 Å². The predicted molar refractivity (Wildman–Crippen MR) is 87.7 cm³/mol. The Morgan fingerprint density at radius 1 is 1.18 bits per heavy atom. The fraction of sp³-hybridized carbons (Fsp3) is 0.368. The average Bonchev–Trinajstić information content (AvgIpc) is 2.56. The molecule has 22 heavy (non-hydrogen) atoms. The van der Waals surface area contributed by atoms with Crippen molar-refractivity contribution in [1.82, 2.24) is 9.88 Å². The molecule has 1 fully saturated rings. The van der Waals surface area contributed by atoms with Gasteiger partial charge in [0, 0.05) is 37.8 Å². The zero-order chi connectivity index (χ0) is 15.4. The molecule has 1 saturated heterocycles. The summed E-state index contributed by atoms with van der Waals surface area (Å²) in [4.78, 5) is 18.1. The van der Waals surface area contributed by atoms with Gasteiger partial charge in [0.05, 0.1) is 0 Å². The molecule has 0 radical (unpaired) electrons. The number of likely N-dealkylation sites (tertiary alicyclic amines) is 1. The van der Waals surface area contributed by atoms with Crippen molar-refractivity contribution in [3.63, 3.8) is 0 Å². The summed E-state index contributed by atoms with van der Waals surface area (Å²) in [6, 6.07) is 14.7. The fourth-order valence-electron chi connectivity index (χ4n) is 3.12. The van der Waals surface area contributed by atoms with Gasteiger partial charge in [0.15, 0.2) is 0 Å². The number of aromatic nitrogens is 1. The number of rotatable bonds is 3. The number of hydrogen-bond acceptors (Lipinski definition) is 2. The number of carbonyl (C=O) groups excluding carboxylic acids is 1. The minimum atomic E-state index is 0.172. The van der Waals surface area contributed by atoms with Crippen molar-refractivity contribution in [2.45, 2.75) is 32.1 Å². The molecule has 0 spiro atoms. The lowest BCUT2D eigenvalue weighted by Crippen LogP contribution is -2.37. The molecule has 0 bridgehead atoms. The lowest BCUT2D eigenvalue weighted by atomic mass is 9.93. The number of carbonyl (C=O) groups is 1. The van der Waals surface area contributed by atoms with Crippen LogP contribution in [0.5, 0.6) is 0 Å². The van der Waals surface area contributed by atoms with Crippen LogP contribution in [0.1, 0.15) is 42.5 Å². The maximum Gasteiger partial charge on any atom is 0.219 e. The molecule has 3 heteroatoms. The summed E-state index contributed by atoms with van der Waals surface area (Å²) in [5, 5.41) is 0. The number of amides is 1. The number of piperidine rings is 1. The average molecular weight is 294 g/mol. The van der Waals surface area contributed by atoms with E-state index in [9.17, 15) is 4.79 Å². The molecule has 3 nitrogen and oxygen atoms in total. The van der Waals surface area contributed by atoms with E-state index in [4.69, 9.17) is 0 Å². The van der Waals surface area contributed by atoms with Crippen LogP contribution in [-0.4, -0.2) is 28.9 Å². The second-order valence-electron chi connectivity index (χ2n) is 6.06. The SMILES string of the molecule is CC(=O)N1CCC[C@H](c2ccc(Cc3ccccc3)cn2)C1. The largest absolute Gasteiger partial charge is 0.342 e. The highest BCUT2D eigenvalue weighted by atomic mass is 16.2. The van der Waals surface area contributed by atoms with E-state index < -0.39 is 0 Å². The third-order valence-corrected chi connectivity index (χ3v) is 4.38. The minimum absolute atomic E-state index is 0.172. The molecule has 1 aliphatic rings. The number of pyridine rings is 1. The molecule has 3 rings (SSSR count). The van der Waals surface area contributed by atoms with Crippen molar-refractivity contribution >= 4 is 5.91 Å². The van der Waals surface area contributed by atoms with Crippen molar-refractivity contribution < 1.29 is 4.79 Å². The van der Waals surface area contributed by atoms with E-state index >= 15 is 0 Å². The van der Waals surface area contributed by atoms with Crippen LogP contribution in [0.3, 0.4) is 0 Å². The van der Waals surface area contributed by atoms with Gasteiger partial charge in [-0.05, 0) is 36.5 Å². The third-order valence-electron chi connectivity index (χ3n) is 4.38.